The average Bonchev–Trinajstić information content (AvgIpc) is 2.64. The first-order chi connectivity index (χ1) is 6.43. The minimum atomic E-state index is 0.792. The van der Waals surface area contributed by atoms with Crippen molar-refractivity contribution in [2.45, 2.75) is 31.8 Å². The Morgan fingerprint density at radius 2 is 2.54 bits per heavy atom. The van der Waals surface area contributed by atoms with Crippen LogP contribution >= 0.6 is 0 Å². The topological polar surface area (TPSA) is 40.7 Å². The van der Waals surface area contributed by atoms with Crippen LogP contribution in [-0.4, -0.2) is 16.2 Å². The number of H-pyrrole nitrogens is 1. The number of nitrogens with one attached hydrogen (secondary N) is 2. The first-order valence-corrected chi connectivity index (χ1v) is 5.14. The first kappa shape index (κ1) is 7.56. The zero-order valence-electron chi connectivity index (χ0n) is 7.66. The smallest absolute Gasteiger partial charge is 0.0532 e. The molecule has 3 heteroatoms. The van der Waals surface area contributed by atoms with Gasteiger partial charge in [-0.3, -0.25) is 5.10 Å². The Morgan fingerprint density at radius 3 is 3.15 bits per heavy atom. The normalized spacial score (nSPS) is 36.2. The molecule has 0 radical (unpaired) electrons. The van der Waals surface area contributed by atoms with Crippen molar-refractivity contribution in [2.75, 3.05) is 0 Å². The molecule has 3 rings (SSSR count). The Kier molecular flexibility index (Phi) is 1.65. The lowest BCUT2D eigenvalue weighted by atomic mass is 10.1. The van der Waals surface area contributed by atoms with Gasteiger partial charge in [0.05, 0.1) is 6.20 Å². The standard InChI is InChI=1S/C10H15N3/c1-2-10(9-3-8(1)9)11-4-7-5-12-13-6-7/h5-6,8-11H,1-4H2,(H,12,13)/t8-,9+,10?/m1/s1. The van der Waals surface area contributed by atoms with Gasteiger partial charge in [-0.05, 0) is 31.1 Å². The van der Waals surface area contributed by atoms with E-state index in [9.17, 15) is 0 Å². The lowest BCUT2D eigenvalue weighted by molar-refractivity contribution is 0.474. The molecule has 70 valence electrons. The molecule has 2 aliphatic rings. The first-order valence-electron chi connectivity index (χ1n) is 5.14. The fourth-order valence-electron chi connectivity index (χ4n) is 2.58. The minimum Gasteiger partial charge on any atom is -0.310 e. The summed E-state index contributed by atoms with van der Waals surface area (Å²) in [5.41, 5.74) is 1.27. The maximum Gasteiger partial charge on any atom is 0.0532 e. The number of rotatable bonds is 3. The van der Waals surface area contributed by atoms with Crippen LogP contribution in [0.25, 0.3) is 0 Å². The molecular weight excluding hydrogens is 162 g/mol. The molecule has 1 aromatic rings. The predicted molar refractivity (Wildman–Crippen MR) is 50.0 cm³/mol. The molecule has 3 atom stereocenters. The molecule has 0 spiro atoms. The molecule has 13 heavy (non-hydrogen) atoms. The number of aromatic amines is 1. The molecule has 0 aliphatic heterocycles. The van der Waals surface area contributed by atoms with Gasteiger partial charge in [0.1, 0.15) is 0 Å². The van der Waals surface area contributed by atoms with Crippen LogP contribution in [0.15, 0.2) is 12.4 Å². The third-order valence-electron chi connectivity index (χ3n) is 3.47. The SMILES string of the molecule is c1n[nH]cc1CNC1CC[C@@H]2C[C@H]12. The van der Waals surface area contributed by atoms with Crippen molar-refractivity contribution in [3.05, 3.63) is 18.0 Å². The highest BCUT2D eigenvalue weighted by atomic mass is 15.1. The highest BCUT2D eigenvalue weighted by Gasteiger charge is 2.47. The second-order valence-electron chi connectivity index (χ2n) is 4.33. The van der Waals surface area contributed by atoms with Crippen LogP contribution in [0.2, 0.25) is 0 Å². The van der Waals surface area contributed by atoms with Gasteiger partial charge in [-0.25, -0.2) is 0 Å². The van der Waals surface area contributed by atoms with Crippen LogP contribution < -0.4 is 5.32 Å². The molecule has 3 nitrogen and oxygen atoms in total. The van der Waals surface area contributed by atoms with Crippen LogP contribution in [0.5, 0.6) is 0 Å². The van der Waals surface area contributed by atoms with Crippen molar-refractivity contribution in [1.82, 2.24) is 15.5 Å². The number of nitrogens with zero attached hydrogens (tertiary/aromatic N) is 1. The van der Waals surface area contributed by atoms with Gasteiger partial charge in [0.15, 0.2) is 0 Å². The summed E-state index contributed by atoms with van der Waals surface area (Å²) >= 11 is 0. The summed E-state index contributed by atoms with van der Waals surface area (Å²) in [6.45, 7) is 0.977. The van der Waals surface area contributed by atoms with E-state index in [0.29, 0.717) is 0 Å². The van der Waals surface area contributed by atoms with Crippen LogP contribution in [0.1, 0.15) is 24.8 Å². The van der Waals surface area contributed by atoms with Gasteiger partial charge in [0, 0.05) is 24.3 Å². The lowest BCUT2D eigenvalue weighted by Gasteiger charge is -2.12. The van der Waals surface area contributed by atoms with Crippen molar-refractivity contribution in [3.63, 3.8) is 0 Å². The maximum atomic E-state index is 3.93. The van der Waals surface area contributed by atoms with Crippen molar-refractivity contribution in [2.24, 2.45) is 11.8 Å². The van der Waals surface area contributed by atoms with Crippen LogP contribution in [0, 0.1) is 11.8 Å². The molecule has 1 heterocycles. The van der Waals surface area contributed by atoms with Gasteiger partial charge in [0.25, 0.3) is 0 Å². The Morgan fingerprint density at radius 1 is 1.54 bits per heavy atom. The molecule has 1 unspecified atom stereocenters. The van der Waals surface area contributed by atoms with Crippen molar-refractivity contribution >= 4 is 0 Å². The fourth-order valence-corrected chi connectivity index (χ4v) is 2.58. The second kappa shape index (κ2) is 2.84. The molecule has 0 saturated heterocycles. The zero-order chi connectivity index (χ0) is 8.67. The summed E-state index contributed by atoms with van der Waals surface area (Å²) in [6, 6.07) is 0.792. The number of fused-ring (bicyclic) bond motifs is 1. The summed E-state index contributed by atoms with van der Waals surface area (Å²) in [5.74, 6) is 2.08. The minimum absolute atomic E-state index is 0.792. The molecule has 2 fully saturated rings. The van der Waals surface area contributed by atoms with Gasteiger partial charge < -0.3 is 5.32 Å². The quantitative estimate of drug-likeness (QED) is 0.730. The van der Waals surface area contributed by atoms with E-state index in [-0.39, 0.29) is 0 Å². The maximum absolute atomic E-state index is 3.93. The molecular formula is C10H15N3. The Hall–Kier alpha value is -0.830. The highest BCUT2D eigenvalue weighted by Crippen LogP contribution is 2.51. The Bertz CT molecular complexity index is 280. The van der Waals surface area contributed by atoms with E-state index in [1.54, 1.807) is 0 Å². The third kappa shape index (κ3) is 1.37. The van der Waals surface area contributed by atoms with Crippen molar-refractivity contribution < 1.29 is 0 Å². The Balaban J connectivity index is 1.53. The van der Waals surface area contributed by atoms with Gasteiger partial charge in [-0.2, -0.15) is 5.10 Å². The van der Waals surface area contributed by atoms with Gasteiger partial charge >= 0.3 is 0 Å². The molecule has 1 aromatic heterocycles. The summed E-state index contributed by atoms with van der Waals surface area (Å²) in [7, 11) is 0. The van der Waals surface area contributed by atoms with Gasteiger partial charge in [-0.1, -0.05) is 0 Å². The summed E-state index contributed by atoms with van der Waals surface area (Å²) in [5, 5.41) is 10.4. The van der Waals surface area contributed by atoms with E-state index in [1.807, 2.05) is 12.4 Å². The highest BCUT2D eigenvalue weighted by molar-refractivity contribution is 5.05. The fraction of sp³-hybridized carbons (Fsp3) is 0.700. The summed E-state index contributed by atoms with van der Waals surface area (Å²) in [6.07, 6.45) is 8.17. The Labute approximate surface area is 77.9 Å². The van der Waals surface area contributed by atoms with E-state index >= 15 is 0 Å². The van der Waals surface area contributed by atoms with Crippen LogP contribution in [0.3, 0.4) is 0 Å². The lowest BCUT2D eigenvalue weighted by Crippen LogP contribution is -2.28. The third-order valence-corrected chi connectivity index (χ3v) is 3.47. The molecule has 0 bridgehead atoms. The largest absolute Gasteiger partial charge is 0.310 e. The van der Waals surface area contributed by atoms with Crippen LogP contribution in [-0.2, 0) is 6.54 Å². The number of hydrogen-bond donors (Lipinski definition) is 2. The van der Waals surface area contributed by atoms with Gasteiger partial charge in [0.2, 0.25) is 0 Å². The molecule has 2 aliphatic carbocycles. The van der Waals surface area contributed by atoms with E-state index in [0.717, 1.165) is 24.4 Å². The van der Waals surface area contributed by atoms with E-state index in [2.05, 4.69) is 15.5 Å². The van der Waals surface area contributed by atoms with E-state index in [1.165, 1.54) is 24.8 Å². The predicted octanol–water partition coefficient (Wildman–Crippen LogP) is 1.30. The van der Waals surface area contributed by atoms with Crippen LogP contribution in [0.4, 0.5) is 0 Å². The summed E-state index contributed by atoms with van der Waals surface area (Å²) < 4.78 is 0. The van der Waals surface area contributed by atoms with Crippen molar-refractivity contribution in [1.29, 1.82) is 0 Å². The molecule has 2 saturated carbocycles. The van der Waals surface area contributed by atoms with E-state index in [4.69, 9.17) is 0 Å². The molecule has 2 N–H and O–H groups in total. The molecule has 0 amide bonds. The molecule has 0 aromatic carbocycles. The van der Waals surface area contributed by atoms with E-state index < -0.39 is 0 Å². The summed E-state index contributed by atoms with van der Waals surface area (Å²) in [4.78, 5) is 0. The van der Waals surface area contributed by atoms with Crippen molar-refractivity contribution in [3.8, 4) is 0 Å². The zero-order valence-corrected chi connectivity index (χ0v) is 7.66. The monoisotopic (exact) mass is 177 g/mol. The van der Waals surface area contributed by atoms with Gasteiger partial charge in [-0.15, -0.1) is 0 Å². The number of hydrogen-bond acceptors (Lipinski definition) is 2. The second-order valence-corrected chi connectivity index (χ2v) is 4.33. The number of aromatic nitrogens is 2. The average molecular weight is 177 g/mol.